The minimum atomic E-state index is -1.43. The molecule has 0 aliphatic carbocycles. The molecule has 1 aromatic heterocycles. The summed E-state index contributed by atoms with van der Waals surface area (Å²) in [4.78, 5) is 28.4. The van der Waals surface area contributed by atoms with E-state index < -0.39 is 29.3 Å². The van der Waals surface area contributed by atoms with Gasteiger partial charge in [0.2, 0.25) is 5.82 Å². The third-order valence-electron chi connectivity index (χ3n) is 3.20. The summed E-state index contributed by atoms with van der Waals surface area (Å²) in [7, 11) is 0. The number of carbonyl (C=O) groups excluding carboxylic acids is 2. The average Bonchev–Trinajstić information content (AvgIpc) is 2.71. The van der Waals surface area contributed by atoms with Gasteiger partial charge in [-0.1, -0.05) is 23.7 Å². The van der Waals surface area contributed by atoms with Crippen molar-refractivity contribution < 1.29 is 18.4 Å². The fourth-order valence-corrected chi connectivity index (χ4v) is 2.41. The first kappa shape index (κ1) is 13.6. The third kappa shape index (κ3) is 1.83. The van der Waals surface area contributed by atoms with Crippen LogP contribution in [0.2, 0.25) is 5.02 Å². The van der Waals surface area contributed by atoms with E-state index in [1.54, 1.807) is 12.1 Å². The van der Waals surface area contributed by atoms with Crippen LogP contribution in [-0.2, 0) is 0 Å². The summed E-state index contributed by atoms with van der Waals surface area (Å²) in [5, 5.41) is -0.275. The minimum absolute atomic E-state index is 0.0119. The molecule has 4 nitrogen and oxygen atoms in total. The van der Waals surface area contributed by atoms with E-state index in [-0.39, 0.29) is 21.8 Å². The molecular formula is C14H7ClF2N2O2. The van der Waals surface area contributed by atoms with Crippen molar-refractivity contribution in [2.45, 2.75) is 6.92 Å². The van der Waals surface area contributed by atoms with Crippen LogP contribution in [0, 0.1) is 18.7 Å². The second kappa shape index (κ2) is 4.60. The molecule has 0 bridgehead atoms. The maximum Gasteiger partial charge on any atom is 0.266 e. The van der Waals surface area contributed by atoms with Crippen molar-refractivity contribution in [3.8, 4) is 0 Å². The topological polar surface area (TPSA) is 50.3 Å². The fraction of sp³-hybridized carbons (Fsp3) is 0.0714. The summed E-state index contributed by atoms with van der Waals surface area (Å²) >= 11 is 5.91. The van der Waals surface area contributed by atoms with Gasteiger partial charge < -0.3 is 0 Å². The molecule has 0 saturated heterocycles. The fourth-order valence-electron chi connectivity index (χ4n) is 2.20. The minimum Gasteiger partial charge on any atom is -0.268 e. The van der Waals surface area contributed by atoms with Gasteiger partial charge in [0.1, 0.15) is 5.69 Å². The van der Waals surface area contributed by atoms with Crippen molar-refractivity contribution in [1.29, 1.82) is 0 Å². The Kier molecular flexibility index (Phi) is 2.98. The zero-order valence-corrected chi connectivity index (χ0v) is 11.4. The van der Waals surface area contributed by atoms with Crippen LogP contribution in [0.25, 0.3) is 0 Å². The highest BCUT2D eigenvalue weighted by atomic mass is 35.5. The second-order valence-corrected chi connectivity index (χ2v) is 4.83. The molecule has 0 unspecified atom stereocenters. The van der Waals surface area contributed by atoms with Gasteiger partial charge in [-0.15, -0.1) is 0 Å². The molecular weight excluding hydrogens is 302 g/mol. The number of hydrogen-bond acceptors (Lipinski definition) is 3. The molecule has 2 amide bonds. The molecule has 21 heavy (non-hydrogen) atoms. The lowest BCUT2D eigenvalue weighted by Crippen LogP contribution is -2.31. The zero-order chi connectivity index (χ0) is 15.3. The van der Waals surface area contributed by atoms with Crippen LogP contribution in [0.15, 0.2) is 24.3 Å². The first-order chi connectivity index (χ1) is 9.93. The summed E-state index contributed by atoms with van der Waals surface area (Å²) < 4.78 is 27.5. The summed E-state index contributed by atoms with van der Waals surface area (Å²) in [6.07, 6.45) is 0. The molecule has 3 rings (SSSR count). The predicted molar refractivity (Wildman–Crippen MR) is 71.5 cm³/mol. The number of aromatic nitrogens is 1. The van der Waals surface area contributed by atoms with E-state index in [2.05, 4.69) is 4.98 Å². The number of aryl methyl sites for hydroxylation is 1. The Morgan fingerprint density at radius 2 is 1.62 bits per heavy atom. The van der Waals surface area contributed by atoms with Crippen molar-refractivity contribution >= 4 is 29.1 Å². The Hall–Kier alpha value is -2.34. The molecule has 0 atom stereocenters. The molecule has 0 spiro atoms. The van der Waals surface area contributed by atoms with Gasteiger partial charge in [-0.25, -0.2) is 9.88 Å². The number of anilines is 1. The number of benzene rings is 1. The SMILES string of the molecule is Cc1nc(F)c(F)c(N2C(=O)c3ccccc3C2=O)c1Cl. The third-order valence-corrected chi connectivity index (χ3v) is 3.65. The zero-order valence-electron chi connectivity index (χ0n) is 10.7. The largest absolute Gasteiger partial charge is 0.268 e. The van der Waals surface area contributed by atoms with E-state index in [1.165, 1.54) is 19.1 Å². The van der Waals surface area contributed by atoms with E-state index in [9.17, 15) is 18.4 Å². The van der Waals surface area contributed by atoms with Crippen LogP contribution in [0.5, 0.6) is 0 Å². The predicted octanol–water partition coefficient (Wildman–Crippen LogP) is 3.12. The molecule has 1 aliphatic heterocycles. The van der Waals surface area contributed by atoms with Crippen LogP contribution < -0.4 is 4.90 Å². The summed E-state index contributed by atoms with van der Waals surface area (Å²) in [6.45, 7) is 1.35. The van der Waals surface area contributed by atoms with E-state index in [0.29, 0.717) is 4.90 Å². The highest BCUT2D eigenvalue weighted by Gasteiger charge is 2.40. The maximum atomic E-state index is 14.0. The lowest BCUT2D eigenvalue weighted by atomic mass is 10.1. The van der Waals surface area contributed by atoms with Crippen LogP contribution in [0.1, 0.15) is 26.4 Å². The van der Waals surface area contributed by atoms with Crippen LogP contribution in [-0.4, -0.2) is 16.8 Å². The van der Waals surface area contributed by atoms with Crippen LogP contribution >= 0.6 is 11.6 Å². The van der Waals surface area contributed by atoms with Crippen LogP contribution in [0.3, 0.4) is 0 Å². The monoisotopic (exact) mass is 308 g/mol. The molecule has 106 valence electrons. The van der Waals surface area contributed by atoms with Crippen LogP contribution in [0.4, 0.5) is 14.5 Å². The number of nitrogens with zero attached hydrogens (tertiary/aromatic N) is 2. The van der Waals surface area contributed by atoms with Crippen molar-refractivity contribution in [2.75, 3.05) is 4.90 Å². The normalized spacial score (nSPS) is 13.8. The molecule has 2 heterocycles. The van der Waals surface area contributed by atoms with E-state index in [1.807, 2.05) is 0 Å². The van der Waals surface area contributed by atoms with E-state index in [0.717, 1.165) is 0 Å². The van der Waals surface area contributed by atoms with E-state index >= 15 is 0 Å². The Morgan fingerprint density at radius 1 is 1.10 bits per heavy atom. The number of rotatable bonds is 1. The average molecular weight is 309 g/mol. The highest BCUT2D eigenvalue weighted by Crippen LogP contribution is 2.37. The number of amides is 2. The van der Waals surface area contributed by atoms with Gasteiger partial charge in [0.05, 0.1) is 21.8 Å². The lowest BCUT2D eigenvalue weighted by molar-refractivity contribution is 0.0924. The first-order valence-corrected chi connectivity index (χ1v) is 6.30. The van der Waals surface area contributed by atoms with Crippen molar-refractivity contribution in [3.63, 3.8) is 0 Å². The molecule has 7 heteroatoms. The number of halogens is 3. The quantitative estimate of drug-likeness (QED) is 0.601. The molecule has 1 aliphatic rings. The maximum absolute atomic E-state index is 14.0. The molecule has 0 radical (unpaired) electrons. The highest BCUT2D eigenvalue weighted by molar-refractivity contribution is 6.40. The van der Waals surface area contributed by atoms with Crippen molar-refractivity contribution in [3.05, 3.63) is 57.9 Å². The molecule has 1 aromatic carbocycles. The number of fused-ring (bicyclic) bond motifs is 1. The Balaban J connectivity index is 2.25. The van der Waals surface area contributed by atoms with Crippen molar-refractivity contribution in [1.82, 2.24) is 4.98 Å². The van der Waals surface area contributed by atoms with Gasteiger partial charge in [-0.05, 0) is 19.1 Å². The summed E-state index contributed by atoms with van der Waals surface area (Å²) in [6, 6.07) is 6.02. The van der Waals surface area contributed by atoms with Gasteiger partial charge in [0.15, 0.2) is 0 Å². The summed E-state index contributed by atoms with van der Waals surface area (Å²) in [5.74, 6) is -4.34. The number of carbonyl (C=O) groups is 2. The van der Waals surface area contributed by atoms with Crippen molar-refractivity contribution in [2.24, 2.45) is 0 Å². The summed E-state index contributed by atoms with van der Waals surface area (Å²) in [5.41, 5.74) is -0.379. The number of imide groups is 1. The molecule has 0 saturated carbocycles. The molecule has 0 fully saturated rings. The molecule has 2 aromatic rings. The first-order valence-electron chi connectivity index (χ1n) is 5.92. The second-order valence-electron chi connectivity index (χ2n) is 4.46. The smallest absolute Gasteiger partial charge is 0.266 e. The Bertz CT molecular complexity index is 747. The van der Waals surface area contributed by atoms with Gasteiger partial charge in [0.25, 0.3) is 17.8 Å². The molecule has 0 N–H and O–H groups in total. The number of pyridine rings is 1. The standard InChI is InChI=1S/C14H7ClF2N2O2/c1-6-9(15)11(10(16)12(17)18-6)19-13(20)7-4-2-3-5-8(7)14(19)21/h2-5H,1H3. The number of hydrogen-bond donors (Lipinski definition) is 0. The van der Waals surface area contributed by atoms with Gasteiger partial charge >= 0.3 is 0 Å². The van der Waals surface area contributed by atoms with Gasteiger partial charge in [0, 0.05) is 0 Å². The Morgan fingerprint density at radius 3 is 2.14 bits per heavy atom. The lowest BCUT2D eigenvalue weighted by Gasteiger charge is -2.17. The Labute approximate surface area is 123 Å². The van der Waals surface area contributed by atoms with Gasteiger partial charge in [-0.2, -0.15) is 8.78 Å². The van der Waals surface area contributed by atoms with E-state index in [4.69, 9.17) is 11.6 Å². The van der Waals surface area contributed by atoms with Gasteiger partial charge in [-0.3, -0.25) is 9.59 Å².